The molecule has 17 heavy (non-hydrogen) atoms. The first kappa shape index (κ1) is 11.3. The summed E-state index contributed by atoms with van der Waals surface area (Å²) >= 11 is 0. The van der Waals surface area contributed by atoms with E-state index in [-0.39, 0.29) is 0 Å². The van der Waals surface area contributed by atoms with Crippen LogP contribution >= 0.6 is 0 Å². The summed E-state index contributed by atoms with van der Waals surface area (Å²) in [4.78, 5) is 8.36. The van der Waals surface area contributed by atoms with E-state index in [1.807, 2.05) is 36.4 Å². The minimum absolute atomic E-state index is 0.618. The third kappa shape index (κ3) is 3.72. The number of amidine groups is 1. The lowest BCUT2D eigenvalue weighted by atomic mass is 10.1. The van der Waals surface area contributed by atoms with Gasteiger partial charge in [-0.25, -0.2) is 9.98 Å². The first-order valence-electron chi connectivity index (χ1n) is 5.62. The van der Waals surface area contributed by atoms with E-state index < -0.39 is 0 Å². The molecule has 0 aliphatic rings. The van der Waals surface area contributed by atoms with E-state index in [0.717, 1.165) is 12.8 Å². The van der Waals surface area contributed by atoms with Gasteiger partial charge in [-0.15, -0.1) is 0 Å². The molecule has 2 aromatic rings. The summed E-state index contributed by atoms with van der Waals surface area (Å²) < 4.78 is 0. The summed E-state index contributed by atoms with van der Waals surface area (Å²) in [6, 6.07) is 15.9. The van der Waals surface area contributed by atoms with Gasteiger partial charge in [0.05, 0.1) is 0 Å². The molecule has 0 unspecified atom stereocenters. The van der Waals surface area contributed by atoms with E-state index in [0.29, 0.717) is 11.7 Å². The largest absolute Gasteiger partial charge is 0.387 e. The highest BCUT2D eigenvalue weighted by molar-refractivity contribution is 5.82. The summed E-state index contributed by atoms with van der Waals surface area (Å²) in [5.74, 6) is 1.28. The Morgan fingerprint density at radius 3 is 2.53 bits per heavy atom. The van der Waals surface area contributed by atoms with E-state index in [2.05, 4.69) is 22.1 Å². The van der Waals surface area contributed by atoms with Crippen molar-refractivity contribution in [3.8, 4) is 0 Å². The number of nitrogens with zero attached hydrogens (tertiary/aromatic N) is 2. The van der Waals surface area contributed by atoms with E-state index in [1.165, 1.54) is 5.56 Å². The Labute approximate surface area is 101 Å². The van der Waals surface area contributed by atoms with Crippen LogP contribution in [0.5, 0.6) is 0 Å². The van der Waals surface area contributed by atoms with Gasteiger partial charge in [-0.3, -0.25) is 0 Å². The van der Waals surface area contributed by atoms with Crippen molar-refractivity contribution in [3.05, 3.63) is 60.3 Å². The van der Waals surface area contributed by atoms with Gasteiger partial charge in [-0.05, 0) is 24.1 Å². The molecule has 3 heteroatoms. The maximum atomic E-state index is 5.86. The Kier molecular flexibility index (Phi) is 3.86. The molecule has 86 valence electrons. The zero-order chi connectivity index (χ0) is 11.9. The predicted molar refractivity (Wildman–Crippen MR) is 70.3 cm³/mol. The molecule has 0 atom stereocenters. The third-order valence-corrected chi connectivity index (χ3v) is 2.42. The summed E-state index contributed by atoms with van der Waals surface area (Å²) in [7, 11) is 0. The second-order valence-electron chi connectivity index (χ2n) is 3.78. The molecular formula is C14H15N3. The van der Waals surface area contributed by atoms with Crippen LogP contribution in [0.3, 0.4) is 0 Å². The normalized spacial score (nSPS) is 11.4. The lowest BCUT2D eigenvalue weighted by Gasteiger charge is -2.01. The van der Waals surface area contributed by atoms with Crippen molar-refractivity contribution in [3.63, 3.8) is 0 Å². The zero-order valence-electron chi connectivity index (χ0n) is 9.58. The van der Waals surface area contributed by atoms with Crippen molar-refractivity contribution >= 4 is 11.7 Å². The molecular weight excluding hydrogens is 210 g/mol. The van der Waals surface area contributed by atoms with Crippen molar-refractivity contribution in [1.29, 1.82) is 0 Å². The Morgan fingerprint density at radius 2 is 1.82 bits per heavy atom. The van der Waals surface area contributed by atoms with Crippen LogP contribution in [0, 0.1) is 0 Å². The van der Waals surface area contributed by atoms with Crippen molar-refractivity contribution in [2.45, 2.75) is 12.8 Å². The van der Waals surface area contributed by atoms with Gasteiger partial charge in [-0.2, -0.15) is 0 Å². The van der Waals surface area contributed by atoms with E-state index in [4.69, 9.17) is 5.73 Å². The Hall–Kier alpha value is -2.16. The molecule has 1 aromatic carbocycles. The Bertz CT molecular complexity index is 477. The number of benzene rings is 1. The molecule has 0 bridgehead atoms. The lowest BCUT2D eigenvalue weighted by molar-refractivity contribution is 1.02. The predicted octanol–water partition coefficient (Wildman–Crippen LogP) is 2.70. The molecule has 0 radical (unpaired) electrons. The smallest absolute Gasteiger partial charge is 0.153 e. The minimum Gasteiger partial charge on any atom is -0.387 e. The fourth-order valence-corrected chi connectivity index (χ4v) is 1.54. The van der Waals surface area contributed by atoms with Crippen LogP contribution in [0.25, 0.3) is 0 Å². The lowest BCUT2D eigenvalue weighted by Crippen LogP contribution is -2.12. The van der Waals surface area contributed by atoms with Crippen LogP contribution in [0.1, 0.15) is 12.0 Å². The first-order valence-corrected chi connectivity index (χ1v) is 5.62. The molecule has 1 heterocycles. The number of aliphatic imine (C=N–C) groups is 1. The third-order valence-electron chi connectivity index (χ3n) is 2.42. The van der Waals surface area contributed by atoms with Crippen molar-refractivity contribution in [1.82, 2.24) is 4.98 Å². The van der Waals surface area contributed by atoms with Gasteiger partial charge in [0.1, 0.15) is 5.84 Å². The van der Waals surface area contributed by atoms with Gasteiger partial charge in [-0.1, -0.05) is 36.4 Å². The molecule has 0 amide bonds. The topological polar surface area (TPSA) is 51.3 Å². The maximum absolute atomic E-state index is 5.86. The number of aromatic nitrogens is 1. The molecule has 0 aliphatic carbocycles. The van der Waals surface area contributed by atoms with Crippen LogP contribution in [0.15, 0.2) is 59.7 Å². The van der Waals surface area contributed by atoms with Crippen LogP contribution in [-0.4, -0.2) is 10.8 Å². The molecule has 0 fully saturated rings. The SMILES string of the molecule is N/C(CCc1ccccc1)=N\c1ccccn1. The fraction of sp³-hybridized carbons (Fsp3) is 0.143. The number of pyridine rings is 1. The van der Waals surface area contributed by atoms with Gasteiger partial charge in [0.25, 0.3) is 0 Å². The van der Waals surface area contributed by atoms with Crippen LogP contribution in [0.2, 0.25) is 0 Å². The molecule has 3 nitrogen and oxygen atoms in total. The zero-order valence-corrected chi connectivity index (χ0v) is 9.58. The monoisotopic (exact) mass is 225 g/mol. The number of aryl methyl sites for hydroxylation is 1. The Balaban J connectivity index is 1.94. The summed E-state index contributed by atoms with van der Waals surface area (Å²) in [6.07, 6.45) is 3.37. The quantitative estimate of drug-likeness (QED) is 0.642. The van der Waals surface area contributed by atoms with Gasteiger partial charge < -0.3 is 5.73 Å². The van der Waals surface area contributed by atoms with E-state index in [9.17, 15) is 0 Å². The number of nitrogens with two attached hydrogens (primary N) is 1. The molecule has 0 saturated carbocycles. The average molecular weight is 225 g/mol. The Morgan fingerprint density at radius 1 is 1.06 bits per heavy atom. The van der Waals surface area contributed by atoms with Crippen molar-refractivity contribution in [2.24, 2.45) is 10.7 Å². The molecule has 1 aromatic heterocycles. The second kappa shape index (κ2) is 5.80. The fourth-order valence-electron chi connectivity index (χ4n) is 1.54. The highest BCUT2D eigenvalue weighted by atomic mass is 14.9. The number of hydrogen-bond donors (Lipinski definition) is 1. The van der Waals surface area contributed by atoms with Crippen LogP contribution in [-0.2, 0) is 6.42 Å². The molecule has 0 spiro atoms. The van der Waals surface area contributed by atoms with E-state index >= 15 is 0 Å². The van der Waals surface area contributed by atoms with Gasteiger partial charge >= 0.3 is 0 Å². The minimum atomic E-state index is 0.618. The average Bonchev–Trinajstić information content (AvgIpc) is 2.39. The standard InChI is InChI=1S/C14H15N3/c15-13(17-14-8-4-5-11-16-14)10-9-12-6-2-1-3-7-12/h1-8,11H,9-10H2,(H2,15,16,17). The number of rotatable bonds is 4. The number of hydrogen-bond acceptors (Lipinski definition) is 2. The molecule has 2 N–H and O–H groups in total. The summed E-state index contributed by atoms with van der Waals surface area (Å²) in [5.41, 5.74) is 7.13. The van der Waals surface area contributed by atoms with Crippen molar-refractivity contribution in [2.75, 3.05) is 0 Å². The van der Waals surface area contributed by atoms with Crippen LogP contribution < -0.4 is 5.73 Å². The van der Waals surface area contributed by atoms with Gasteiger partial charge in [0.2, 0.25) is 0 Å². The van der Waals surface area contributed by atoms with E-state index in [1.54, 1.807) is 6.20 Å². The van der Waals surface area contributed by atoms with Gasteiger partial charge in [0.15, 0.2) is 5.82 Å². The van der Waals surface area contributed by atoms with Gasteiger partial charge in [0, 0.05) is 12.6 Å². The molecule has 0 aliphatic heterocycles. The molecule has 0 saturated heterocycles. The highest BCUT2D eigenvalue weighted by Crippen LogP contribution is 2.07. The first-order chi connectivity index (χ1) is 8.34. The second-order valence-corrected chi connectivity index (χ2v) is 3.78. The highest BCUT2D eigenvalue weighted by Gasteiger charge is 1.96. The summed E-state index contributed by atoms with van der Waals surface area (Å²) in [5, 5.41) is 0. The van der Waals surface area contributed by atoms with Crippen LogP contribution in [0.4, 0.5) is 5.82 Å². The summed E-state index contributed by atoms with van der Waals surface area (Å²) in [6.45, 7) is 0. The van der Waals surface area contributed by atoms with Crippen molar-refractivity contribution < 1.29 is 0 Å². The maximum Gasteiger partial charge on any atom is 0.153 e. The molecule has 2 rings (SSSR count).